The standard InChI is InChI=1S/C17H16N2O/c1-12-8-9-15(20-2)16-14(10-11-18-17(12)16)19-13-6-4-3-5-7-13/h3-11H,1-2H3,(H,18,19). The van der Waals surface area contributed by atoms with Gasteiger partial charge in [-0.05, 0) is 36.8 Å². The van der Waals surface area contributed by atoms with E-state index in [-0.39, 0.29) is 0 Å². The van der Waals surface area contributed by atoms with Crippen molar-refractivity contribution in [2.45, 2.75) is 6.92 Å². The first-order valence-electron chi connectivity index (χ1n) is 6.54. The smallest absolute Gasteiger partial charge is 0.130 e. The zero-order valence-corrected chi connectivity index (χ0v) is 11.6. The Morgan fingerprint density at radius 3 is 2.55 bits per heavy atom. The predicted octanol–water partition coefficient (Wildman–Crippen LogP) is 4.30. The van der Waals surface area contributed by atoms with Gasteiger partial charge in [0, 0.05) is 11.9 Å². The number of pyridine rings is 1. The Morgan fingerprint density at radius 1 is 1.00 bits per heavy atom. The van der Waals surface area contributed by atoms with Gasteiger partial charge >= 0.3 is 0 Å². The van der Waals surface area contributed by atoms with E-state index < -0.39 is 0 Å². The highest BCUT2D eigenvalue weighted by Gasteiger charge is 2.10. The number of benzene rings is 2. The number of hydrogen-bond donors (Lipinski definition) is 1. The van der Waals surface area contributed by atoms with Crippen LogP contribution in [0.3, 0.4) is 0 Å². The van der Waals surface area contributed by atoms with Gasteiger partial charge in [-0.3, -0.25) is 4.98 Å². The number of anilines is 2. The molecule has 0 unspecified atom stereocenters. The van der Waals surface area contributed by atoms with Crippen LogP contribution in [-0.2, 0) is 0 Å². The Labute approximate surface area is 118 Å². The van der Waals surface area contributed by atoms with Crippen LogP contribution in [0, 0.1) is 6.92 Å². The number of aryl methyl sites for hydroxylation is 1. The van der Waals surface area contributed by atoms with E-state index in [9.17, 15) is 0 Å². The van der Waals surface area contributed by atoms with Gasteiger partial charge in [-0.1, -0.05) is 24.3 Å². The van der Waals surface area contributed by atoms with Crippen molar-refractivity contribution < 1.29 is 4.74 Å². The second-order valence-electron chi connectivity index (χ2n) is 4.66. The normalized spacial score (nSPS) is 10.5. The molecule has 0 aliphatic carbocycles. The van der Waals surface area contributed by atoms with Gasteiger partial charge in [0.05, 0.1) is 23.7 Å². The van der Waals surface area contributed by atoms with Crippen molar-refractivity contribution >= 4 is 22.3 Å². The summed E-state index contributed by atoms with van der Waals surface area (Å²) in [7, 11) is 1.68. The molecule has 0 saturated carbocycles. The van der Waals surface area contributed by atoms with Gasteiger partial charge in [0.2, 0.25) is 0 Å². The Balaban J connectivity index is 2.18. The predicted molar refractivity (Wildman–Crippen MR) is 82.8 cm³/mol. The molecule has 20 heavy (non-hydrogen) atoms. The molecular weight excluding hydrogens is 248 g/mol. The number of hydrogen-bond acceptors (Lipinski definition) is 3. The fourth-order valence-corrected chi connectivity index (χ4v) is 2.32. The van der Waals surface area contributed by atoms with Crippen molar-refractivity contribution in [3.63, 3.8) is 0 Å². The van der Waals surface area contributed by atoms with Crippen LogP contribution in [0.2, 0.25) is 0 Å². The molecule has 0 radical (unpaired) electrons. The van der Waals surface area contributed by atoms with Gasteiger partial charge in [-0.2, -0.15) is 0 Å². The van der Waals surface area contributed by atoms with E-state index in [2.05, 4.69) is 17.2 Å². The van der Waals surface area contributed by atoms with Crippen LogP contribution in [-0.4, -0.2) is 12.1 Å². The zero-order valence-electron chi connectivity index (χ0n) is 11.6. The molecule has 3 nitrogen and oxygen atoms in total. The Bertz CT molecular complexity index is 739. The van der Waals surface area contributed by atoms with Crippen LogP contribution >= 0.6 is 0 Å². The number of aromatic nitrogens is 1. The van der Waals surface area contributed by atoms with Crippen LogP contribution in [0.25, 0.3) is 10.9 Å². The lowest BCUT2D eigenvalue weighted by Gasteiger charge is -2.13. The highest BCUT2D eigenvalue weighted by molar-refractivity contribution is 5.99. The molecule has 0 fully saturated rings. The average molecular weight is 264 g/mol. The summed E-state index contributed by atoms with van der Waals surface area (Å²) < 4.78 is 5.48. The van der Waals surface area contributed by atoms with Crippen LogP contribution < -0.4 is 10.1 Å². The lowest BCUT2D eigenvalue weighted by molar-refractivity contribution is 0.420. The minimum Gasteiger partial charge on any atom is -0.496 e. The monoisotopic (exact) mass is 264 g/mol. The molecule has 3 aromatic rings. The topological polar surface area (TPSA) is 34.1 Å². The van der Waals surface area contributed by atoms with Gasteiger partial charge in [0.25, 0.3) is 0 Å². The molecule has 3 heteroatoms. The van der Waals surface area contributed by atoms with Gasteiger partial charge in [-0.15, -0.1) is 0 Å². The molecule has 0 bridgehead atoms. The molecule has 0 saturated heterocycles. The molecule has 1 aromatic heterocycles. The molecule has 0 aliphatic rings. The molecule has 1 N–H and O–H groups in total. The second kappa shape index (κ2) is 5.21. The first-order valence-corrected chi connectivity index (χ1v) is 6.54. The maximum atomic E-state index is 5.48. The van der Waals surface area contributed by atoms with Crippen molar-refractivity contribution in [3.8, 4) is 5.75 Å². The van der Waals surface area contributed by atoms with Crippen molar-refractivity contribution in [3.05, 3.63) is 60.3 Å². The lowest BCUT2D eigenvalue weighted by Crippen LogP contribution is -1.96. The molecule has 3 rings (SSSR count). The van der Waals surface area contributed by atoms with E-state index in [1.54, 1.807) is 7.11 Å². The number of rotatable bonds is 3. The summed E-state index contributed by atoms with van der Waals surface area (Å²) in [6.45, 7) is 2.06. The minimum absolute atomic E-state index is 0.831. The third-order valence-electron chi connectivity index (χ3n) is 3.33. The number of methoxy groups -OCH3 is 1. The van der Waals surface area contributed by atoms with E-state index in [1.165, 1.54) is 0 Å². The van der Waals surface area contributed by atoms with Crippen LogP contribution in [0.4, 0.5) is 11.4 Å². The van der Waals surface area contributed by atoms with E-state index in [0.29, 0.717) is 0 Å². The highest BCUT2D eigenvalue weighted by Crippen LogP contribution is 2.34. The van der Waals surface area contributed by atoms with Crippen molar-refractivity contribution in [1.29, 1.82) is 0 Å². The molecule has 0 aliphatic heterocycles. The Hall–Kier alpha value is -2.55. The maximum absolute atomic E-state index is 5.48. The van der Waals surface area contributed by atoms with E-state index >= 15 is 0 Å². The Kier molecular flexibility index (Phi) is 3.25. The van der Waals surface area contributed by atoms with Crippen molar-refractivity contribution in [2.75, 3.05) is 12.4 Å². The van der Waals surface area contributed by atoms with Crippen molar-refractivity contribution in [2.24, 2.45) is 0 Å². The second-order valence-corrected chi connectivity index (χ2v) is 4.66. The number of nitrogens with zero attached hydrogens (tertiary/aromatic N) is 1. The number of para-hydroxylation sites is 1. The van der Waals surface area contributed by atoms with Crippen LogP contribution in [0.5, 0.6) is 5.75 Å². The zero-order chi connectivity index (χ0) is 13.9. The molecule has 1 heterocycles. The third kappa shape index (κ3) is 2.18. The fourth-order valence-electron chi connectivity index (χ4n) is 2.32. The Morgan fingerprint density at radius 2 is 1.80 bits per heavy atom. The highest BCUT2D eigenvalue weighted by atomic mass is 16.5. The molecule has 2 aromatic carbocycles. The summed E-state index contributed by atoms with van der Waals surface area (Å²) >= 11 is 0. The molecule has 100 valence electrons. The lowest BCUT2D eigenvalue weighted by atomic mass is 10.1. The first kappa shape index (κ1) is 12.5. The summed E-state index contributed by atoms with van der Waals surface area (Å²) in [6.07, 6.45) is 1.82. The van der Waals surface area contributed by atoms with Gasteiger partial charge in [0.15, 0.2) is 0 Å². The number of nitrogens with one attached hydrogen (secondary N) is 1. The van der Waals surface area contributed by atoms with Gasteiger partial charge in [0.1, 0.15) is 5.75 Å². The summed E-state index contributed by atoms with van der Waals surface area (Å²) in [4.78, 5) is 4.47. The molecular formula is C17H16N2O. The van der Waals surface area contributed by atoms with Gasteiger partial charge in [-0.25, -0.2) is 0 Å². The molecule has 0 amide bonds. The van der Waals surface area contributed by atoms with E-state index in [0.717, 1.165) is 33.6 Å². The van der Waals surface area contributed by atoms with Crippen LogP contribution in [0.1, 0.15) is 5.56 Å². The van der Waals surface area contributed by atoms with Crippen molar-refractivity contribution in [1.82, 2.24) is 4.98 Å². The average Bonchev–Trinajstić information content (AvgIpc) is 2.49. The summed E-state index contributed by atoms with van der Waals surface area (Å²) in [5, 5.41) is 4.44. The minimum atomic E-state index is 0.831. The van der Waals surface area contributed by atoms with Gasteiger partial charge < -0.3 is 10.1 Å². The molecule has 0 atom stereocenters. The maximum Gasteiger partial charge on any atom is 0.130 e. The first-order chi connectivity index (χ1) is 9.79. The summed E-state index contributed by atoms with van der Waals surface area (Å²) in [5.74, 6) is 0.831. The summed E-state index contributed by atoms with van der Waals surface area (Å²) in [5.41, 5.74) is 4.15. The fraction of sp³-hybridized carbons (Fsp3) is 0.118. The SMILES string of the molecule is COc1ccc(C)c2nccc(Nc3ccccc3)c12. The summed E-state index contributed by atoms with van der Waals surface area (Å²) in [6, 6.07) is 16.1. The third-order valence-corrected chi connectivity index (χ3v) is 3.33. The quantitative estimate of drug-likeness (QED) is 0.766. The number of ether oxygens (including phenoxy) is 1. The van der Waals surface area contributed by atoms with E-state index in [1.807, 2.05) is 54.7 Å². The largest absolute Gasteiger partial charge is 0.496 e. The number of fused-ring (bicyclic) bond motifs is 1. The van der Waals surface area contributed by atoms with Crippen LogP contribution in [0.15, 0.2) is 54.7 Å². The van der Waals surface area contributed by atoms with E-state index in [4.69, 9.17) is 4.74 Å². The molecule has 0 spiro atoms.